The summed E-state index contributed by atoms with van der Waals surface area (Å²) in [6.45, 7) is 5.93. The summed E-state index contributed by atoms with van der Waals surface area (Å²) in [5.74, 6) is 6.68. The van der Waals surface area contributed by atoms with Gasteiger partial charge < -0.3 is 10.0 Å². The van der Waals surface area contributed by atoms with Crippen LogP contribution in [0.1, 0.15) is 35.5 Å². The largest absolute Gasteiger partial charge is 0.384 e. The predicted molar refractivity (Wildman–Crippen MR) is 77.1 cm³/mol. The Balaban J connectivity index is 2.08. The maximum atomic E-state index is 12.4. The molecule has 1 amide bonds. The van der Waals surface area contributed by atoms with Gasteiger partial charge in [0.25, 0.3) is 5.91 Å². The molecule has 2 atom stereocenters. The van der Waals surface area contributed by atoms with E-state index in [1.807, 2.05) is 16.3 Å². The van der Waals surface area contributed by atoms with Crippen molar-refractivity contribution in [1.29, 1.82) is 0 Å². The number of rotatable bonds is 1. The third kappa shape index (κ3) is 3.59. The topological polar surface area (TPSA) is 40.5 Å². The van der Waals surface area contributed by atoms with Crippen molar-refractivity contribution in [2.24, 2.45) is 11.8 Å². The summed E-state index contributed by atoms with van der Waals surface area (Å²) in [4.78, 5) is 15.2. The predicted octanol–water partition coefficient (Wildman–Crippen LogP) is 2.21. The van der Waals surface area contributed by atoms with E-state index in [0.29, 0.717) is 17.4 Å². The first kappa shape index (κ1) is 14.1. The van der Waals surface area contributed by atoms with Gasteiger partial charge in [-0.1, -0.05) is 25.7 Å². The number of thiophene rings is 1. The van der Waals surface area contributed by atoms with E-state index in [9.17, 15) is 4.79 Å². The van der Waals surface area contributed by atoms with E-state index in [0.717, 1.165) is 18.0 Å². The number of hydrogen-bond acceptors (Lipinski definition) is 3. The van der Waals surface area contributed by atoms with E-state index in [4.69, 9.17) is 5.11 Å². The van der Waals surface area contributed by atoms with E-state index in [-0.39, 0.29) is 12.5 Å². The molecule has 4 heteroatoms. The second kappa shape index (κ2) is 6.23. The Morgan fingerprint density at radius 2 is 2.16 bits per heavy atom. The molecule has 0 aromatic carbocycles. The first-order valence-electron chi connectivity index (χ1n) is 6.57. The normalized spacial score (nSPS) is 22.8. The Bertz CT molecular complexity index is 502. The summed E-state index contributed by atoms with van der Waals surface area (Å²) in [5.41, 5.74) is 0.716. The first-order valence-corrected chi connectivity index (χ1v) is 7.45. The molecular formula is C15H19NO2S. The molecule has 0 bridgehead atoms. The summed E-state index contributed by atoms with van der Waals surface area (Å²) >= 11 is 1.45. The summed E-state index contributed by atoms with van der Waals surface area (Å²) in [6, 6.07) is 1.82. The molecule has 0 radical (unpaired) electrons. The third-order valence-corrected chi connectivity index (χ3v) is 4.14. The molecule has 2 heterocycles. The van der Waals surface area contributed by atoms with Gasteiger partial charge in [-0.15, -0.1) is 11.3 Å². The van der Waals surface area contributed by atoms with Gasteiger partial charge in [0.2, 0.25) is 0 Å². The van der Waals surface area contributed by atoms with Crippen LogP contribution >= 0.6 is 11.3 Å². The lowest BCUT2D eigenvalue weighted by Gasteiger charge is -2.34. The van der Waals surface area contributed by atoms with Gasteiger partial charge in [0.05, 0.1) is 10.4 Å². The highest BCUT2D eigenvalue weighted by Crippen LogP contribution is 2.23. The zero-order chi connectivity index (χ0) is 13.8. The van der Waals surface area contributed by atoms with Crippen LogP contribution in [-0.2, 0) is 0 Å². The van der Waals surface area contributed by atoms with Crippen LogP contribution in [0.25, 0.3) is 0 Å². The molecule has 2 rings (SSSR count). The van der Waals surface area contributed by atoms with Gasteiger partial charge >= 0.3 is 0 Å². The molecule has 102 valence electrons. The van der Waals surface area contributed by atoms with Gasteiger partial charge in [0, 0.05) is 18.5 Å². The number of aliphatic hydroxyl groups excluding tert-OH is 1. The lowest BCUT2D eigenvalue weighted by atomic mass is 9.91. The van der Waals surface area contributed by atoms with Gasteiger partial charge in [-0.05, 0) is 24.3 Å². The van der Waals surface area contributed by atoms with Gasteiger partial charge in [-0.3, -0.25) is 4.79 Å². The molecule has 19 heavy (non-hydrogen) atoms. The van der Waals surface area contributed by atoms with Gasteiger partial charge in [0.1, 0.15) is 6.61 Å². The molecule has 1 aliphatic heterocycles. The van der Waals surface area contributed by atoms with E-state index in [1.54, 1.807) is 0 Å². The van der Waals surface area contributed by atoms with Crippen molar-refractivity contribution in [3.8, 4) is 11.8 Å². The van der Waals surface area contributed by atoms with Crippen LogP contribution in [0.15, 0.2) is 11.4 Å². The Morgan fingerprint density at radius 3 is 2.79 bits per heavy atom. The minimum atomic E-state index is -0.150. The quantitative estimate of drug-likeness (QED) is 0.800. The molecule has 1 saturated heterocycles. The van der Waals surface area contributed by atoms with Crippen LogP contribution in [0.2, 0.25) is 0 Å². The number of hydrogen-bond donors (Lipinski definition) is 1. The van der Waals surface area contributed by atoms with Crippen molar-refractivity contribution < 1.29 is 9.90 Å². The zero-order valence-corrected chi connectivity index (χ0v) is 12.2. The Kier molecular flexibility index (Phi) is 4.62. The molecule has 0 saturated carbocycles. The maximum absolute atomic E-state index is 12.4. The second-order valence-corrected chi connectivity index (χ2v) is 6.23. The van der Waals surface area contributed by atoms with Crippen LogP contribution in [0, 0.1) is 23.7 Å². The van der Waals surface area contributed by atoms with Crippen molar-refractivity contribution in [3.63, 3.8) is 0 Å². The number of likely N-dealkylation sites (tertiary alicyclic amines) is 1. The Morgan fingerprint density at radius 1 is 1.47 bits per heavy atom. The standard InChI is InChI=1S/C15H19NO2S/c1-11-6-12(2)9-16(8-11)15(18)13-7-14(19-10-13)4-3-5-17/h7,10-12,17H,5-6,8-9H2,1-2H3. The number of amides is 1. The number of piperidine rings is 1. The lowest BCUT2D eigenvalue weighted by molar-refractivity contribution is 0.0623. The highest BCUT2D eigenvalue weighted by molar-refractivity contribution is 7.10. The van der Waals surface area contributed by atoms with Crippen LogP contribution in [-0.4, -0.2) is 35.6 Å². The van der Waals surface area contributed by atoms with Crippen molar-refractivity contribution in [3.05, 3.63) is 21.9 Å². The minimum absolute atomic E-state index is 0.103. The Hall–Kier alpha value is -1.31. The van der Waals surface area contributed by atoms with Crippen LogP contribution in [0.5, 0.6) is 0 Å². The molecule has 1 N–H and O–H groups in total. The second-order valence-electron chi connectivity index (χ2n) is 5.32. The fraction of sp³-hybridized carbons (Fsp3) is 0.533. The van der Waals surface area contributed by atoms with Crippen LogP contribution in [0.4, 0.5) is 0 Å². The molecule has 1 aromatic rings. The Labute approximate surface area is 118 Å². The molecule has 1 aromatic heterocycles. The molecular weight excluding hydrogens is 258 g/mol. The third-order valence-electron chi connectivity index (χ3n) is 3.29. The van der Waals surface area contributed by atoms with Crippen molar-refractivity contribution in [2.45, 2.75) is 20.3 Å². The molecule has 1 fully saturated rings. The van der Waals surface area contributed by atoms with E-state index >= 15 is 0 Å². The van der Waals surface area contributed by atoms with Crippen LogP contribution < -0.4 is 0 Å². The average Bonchev–Trinajstić information content (AvgIpc) is 2.83. The number of aliphatic hydroxyl groups is 1. The highest BCUT2D eigenvalue weighted by atomic mass is 32.1. The summed E-state index contributed by atoms with van der Waals surface area (Å²) < 4.78 is 0. The minimum Gasteiger partial charge on any atom is -0.384 e. The fourth-order valence-corrected chi connectivity index (χ4v) is 3.40. The highest BCUT2D eigenvalue weighted by Gasteiger charge is 2.26. The van der Waals surface area contributed by atoms with Crippen molar-refractivity contribution in [2.75, 3.05) is 19.7 Å². The van der Waals surface area contributed by atoms with E-state index in [1.165, 1.54) is 17.8 Å². The summed E-state index contributed by atoms with van der Waals surface area (Å²) in [6.07, 6.45) is 1.20. The average molecular weight is 277 g/mol. The summed E-state index contributed by atoms with van der Waals surface area (Å²) in [7, 11) is 0. The molecule has 0 aliphatic carbocycles. The van der Waals surface area contributed by atoms with E-state index < -0.39 is 0 Å². The number of carbonyl (C=O) groups is 1. The SMILES string of the molecule is CC1CC(C)CN(C(=O)c2csc(C#CCO)c2)C1. The van der Waals surface area contributed by atoms with Crippen molar-refractivity contribution >= 4 is 17.2 Å². The first-order chi connectivity index (χ1) is 9.10. The smallest absolute Gasteiger partial charge is 0.254 e. The number of nitrogens with zero attached hydrogens (tertiary/aromatic N) is 1. The molecule has 1 aliphatic rings. The molecule has 2 unspecified atom stereocenters. The van der Waals surface area contributed by atoms with Crippen LogP contribution in [0.3, 0.4) is 0 Å². The molecule has 0 spiro atoms. The van der Waals surface area contributed by atoms with Gasteiger partial charge in [0.15, 0.2) is 0 Å². The van der Waals surface area contributed by atoms with E-state index in [2.05, 4.69) is 25.7 Å². The zero-order valence-electron chi connectivity index (χ0n) is 11.3. The number of carbonyl (C=O) groups excluding carboxylic acids is 1. The molecule has 3 nitrogen and oxygen atoms in total. The maximum Gasteiger partial charge on any atom is 0.254 e. The lowest BCUT2D eigenvalue weighted by Crippen LogP contribution is -2.42. The summed E-state index contributed by atoms with van der Waals surface area (Å²) in [5, 5.41) is 10.5. The van der Waals surface area contributed by atoms with Gasteiger partial charge in [-0.25, -0.2) is 0 Å². The monoisotopic (exact) mass is 277 g/mol. The fourth-order valence-electron chi connectivity index (χ4n) is 2.65. The van der Waals surface area contributed by atoms with Gasteiger partial charge in [-0.2, -0.15) is 0 Å². The van der Waals surface area contributed by atoms with Crippen molar-refractivity contribution in [1.82, 2.24) is 4.90 Å².